The van der Waals surface area contributed by atoms with E-state index in [1.807, 2.05) is 12.4 Å². The number of nitrogens with zero attached hydrogens (tertiary/aromatic N) is 4. The van der Waals surface area contributed by atoms with Gasteiger partial charge in [0.1, 0.15) is 0 Å². The lowest BCUT2D eigenvalue weighted by molar-refractivity contribution is 0.857. The number of fused-ring (bicyclic) bond motifs is 7. The lowest BCUT2D eigenvalue weighted by Gasteiger charge is -2.36. The Morgan fingerprint density at radius 3 is 1.53 bits per heavy atom. The van der Waals surface area contributed by atoms with Gasteiger partial charge in [0.2, 0.25) is 0 Å². The molecule has 274 valence electrons. The summed E-state index contributed by atoms with van der Waals surface area (Å²) in [6, 6.07) is 62.1. The minimum absolute atomic E-state index is 1.03. The molecular formula is C54H38N4. The molecule has 2 aliphatic rings. The van der Waals surface area contributed by atoms with Gasteiger partial charge >= 0.3 is 0 Å². The number of para-hydroxylation sites is 5. The van der Waals surface area contributed by atoms with Crippen LogP contribution < -0.4 is 4.90 Å². The van der Waals surface area contributed by atoms with Crippen molar-refractivity contribution in [3.8, 4) is 33.6 Å². The monoisotopic (exact) mass is 742 g/mol. The summed E-state index contributed by atoms with van der Waals surface area (Å²) in [5.74, 6) is 0. The molecule has 4 nitrogen and oxygen atoms in total. The molecule has 58 heavy (non-hydrogen) atoms. The van der Waals surface area contributed by atoms with Crippen LogP contribution in [0.15, 0.2) is 206 Å². The summed E-state index contributed by atoms with van der Waals surface area (Å²) in [5, 5.41) is 4.98. The molecular weight excluding hydrogens is 705 g/mol. The molecule has 3 aromatic heterocycles. The van der Waals surface area contributed by atoms with Crippen molar-refractivity contribution in [3.05, 3.63) is 211 Å². The van der Waals surface area contributed by atoms with Crippen molar-refractivity contribution < 1.29 is 0 Å². The zero-order valence-electron chi connectivity index (χ0n) is 31.9. The predicted octanol–water partition coefficient (Wildman–Crippen LogP) is 13.9. The van der Waals surface area contributed by atoms with Gasteiger partial charge in [-0.1, -0.05) is 109 Å². The highest BCUT2D eigenvalue weighted by Gasteiger charge is 2.26. The fourth-order valence-corrected chi connectivity index (χ4v) is 9.61. The van der Waals surface area contributed by atoms with E-state index in [1.54, 1.807) is 0 Å². The fourth-order valence-electron chi connectivity index (χ4n) is 9.61. The lowest BCUT2D eigenvalue weighted by atomic mass is 9.89. The van der Waals surface area contributed by atoms with Crippen LogP contribution >= 0.6 is 0 Å². The van der Waals surface area contributed by atoms with Gasteiger partial charge < -0.3 is 14.0 Å². The summed E-state index contributed by atoms with van der Waals surface area (Å²) in [7, 11) is 0. The summed E-state index contributed by atoms with van der Waals surface area (Å²) in [6.07, 6.45) is 11.9. The molecule has 10 aromatic rings. The quantitative estimate of drug-likeness (QED) is 0.175. The molecule has 0 N–H and O–H groups in total. The van der Waals surface area contributed by atoms with Crippen LogP contribution in [0.2, 0.25) is 0 Å². The minimum atomic E-state index is 1.03. The Morgan fingerprint density at radius 1 is 0.431 bits per heavy atom. The molecule has 12 rings (SSSR count). The molecule has 0 bridgehead atoms. The molecule has 4 heteroatoms. The number of hydrogen-bond acceptors (Lipinski definition) is 2. The number of rotatable bonds is 5. The first-order valence-corrected chi connectivity index (χ1v) is 20.2. The van der Waals surface area contributed by atoms with Crippen molar-refractivity contribution in [2.45, 2.75) is 19.3 Å². The third-order valence-corrected chi connectivity index (χ3v) is 12.2. The van der Waals surface area contributed by atoms with Crippen LogP contribution in [0.5, 0.6) is 0 Å². The summed E-state index contributed by atoms with van der Waals surface area (Å²) >= 11 is 0. The molecule has 0 unspecified atom stereocenters. The standard InChI is InChI=1S/C54H38N4/c1-7-19-49-37(13-1)29-38-14-2-8-20-50(38)56(49)42-27-25-36(26-28-42)40-30-41(35-55-34-40)39-31-43(57-51-21-9-3-15-45(51)46-16-4-10-22-52(46)57)33-44(32-39)58-53-23-11-5-17-47(53)48-18-6-12-24-54(48)58/h1,3-13,15-28,30-35H,2,14,29H2. The Morgan fingerprint density at radius 2 is 0.948 bits per heavy atom. The second-order valence-corrected chi connectivity index (χ2v) is 15.6. The van der Waals surface area contributed by atoms with Crippen molar-refractivity contribution in [1.29, 1.82) is 0 Å². The third-order valence-electron chi connectivity index (χ3n) is 12.2. The van der Waals surface area contributed by atoms with Gasteiger partial charge in [-0.2, -0.15) is 0 Å². The lowest BCUT2D eigenvalue weighted by Crippen LogP contribution is -2.24. The van der Waals surface area contributed by atoms with E-state index in [-0.39, 0.29) is 0 Å². The van der Waals surface area contributed by atoms with Crippen LogP contribution in [-0.2, 0) is 6.42 Å². The first kappa shape index (κ1) is 32.8. The fraction of sp³-hybridized carbons (Fsp3) is 0.0556. The van der Waals surface area contributed by atoms with Crippen LogP contribution in [0, 0.1) is 0 Å². The average molecular weight is 743 g/mol. The van der Waals surface area contributed by atoms with Gasteiger partial charge in [0, 0.05) is 73.5 Å². The number of allylic oxidation sites excluding steroid dienone is 3. The summed E-state index contributed by atoms with van der Waals surface area (Å²) in [5.41, 5.74) is 18.0. The number of anilines is 2. The molecule has 0 radical (unpaired) electrons. The van der Waals surface area contributed by atoms with Crippen molar-refractivity contribution in [2.24, 2.45) is 0 Å². The number of benzene rings is 7. The van der Waals surface area contributed by atoms with Gasteiger partial charge in [-0.05, 0) is 114 Å². The third kappa shape index (κ3) is 5.12. The highest BCUT2D eigenvalue weighted by Crippen LogP contribution is 2.43. The van der Waals surface area contributed by atoms with Crippen molar-refractivity contribution in [1.82, 2.24) is 14.1 Å². The smallest absolute Gasteiger partial charge is 0.0541 e. The molecule has 0 spiro atoms. The Kier molecular flexibility index (Phi) is 7.39. The summed E-state index contributed by atoms with van der Waals surface area (Å²) in [4.78, 5) is 7.32. The second-order valence-electron chi connectivity index (χ2n) is 15.6. The van der Waals surface area contributed by atoms with E-state index < -0.39 is 0 Å². The van der Waals surface area contributed by atoms with E-state index in [0.29, 0.717) is 0 Å². The van der Waals surface area contributed by atoms with E-state index in [4.69, 9.17) is 4.98 Å². The summed E-state index contributed by atoms with van der Waals surface area (Å²) < 4.78 is 4.84. The molecule has 0 atom stereocenters. The Balaban J connectivity index is 1.02. The topological polar surface area (TPSA) is 26.0 Å². The Labute approximate surface area is 336 Å². The van der Waals surface area contributed by atoms with Gasteiger partial charge in [0.05, 0.1) is 22.1 Å². The predicted molar refractivity (Wildman–Crippen MR) is 241 cm³/mol. The van der Waals surface area contributed by atoms with Gasteiger partial charge in [-0.3, -0.25) is 4.98 Å². The van der Waals surface area contributed by atoms with Crippen LogP contribution in [0.3, 0.4) is 0 Å². The van der Waals surface area contributed by atoms with Gasteiger partial charge in [0.25, 0.3) is 0 Å². The maximum atomic E-state index is 4.88. The molecule has 1 aliphatic heterocycles. The van der Waals surface area contributed by atoms with Crippen LogP contribution in [0.1, 0.15) is 18.4 Å². The highest BCUT2D eigenvalue weighted by atomic mass is 15.2. The summed E-state index contributed by atoms with van der Waals surface area (Å²) in [6.45, 7) is 0. The maximum Gasteiger partial charge on any atom is 0.0541 e. The molecule has 0 fully saturated rings. The van der Waals surface area contributed by atoms with E-state index in [9.17, 15) is 0 Å². The highest BCUT2D eigenvalue weighted by molar-refractivity contribution is 6.10. The SMILES string of the molecule is C1=CC2=C(CC1)Cc1ccccc1N2c1ccc(-c2cncc(-c3cc(-n4c5ccccc5c5ccccc54)cc(-n4c5ccccc5c5ccccc54)c3)c2)cc1. The van der Waals surface area contributed by atoms with Crippen molar-refractivity contribution in [2.75, 3.05) is 4.90 Å². The molecule has 0 amide bonds. The first-order valence-electron chi connectivity index (χ1n) is 20.2. The largest absolute Gasteiger partial charge is 0.310 e. The zero-order chi connectivity index (χ0) is 38.2. The van der Waals surface area contributed by atoms with E-state index >= 15 is 0 Å². The average Bonchev–Trinajstić information content (AvgIpc) is 3.81. The van der Waals surface area contributed by atoms with Gasteiger partial charge in [0.15, 0.2) is 0 Å². The zero-order valence-corrected chi connectivity index (χ0v) is 31.9. The first-order chi connectivity index (χ1) is 28.8. The number of pyridine rings is 1. The van der Waals surface area contributed by atoms with Crippen LogP contribution in [0.4, 0.5) is 11.4 Å². The Hall–Kier alpha value is -7.43. The van der Waals surface area contributed by atoms with Gasteiger partial charge in [-0.15, -0.1) is 0 Å². The van der Waals surface area contributed by atoms with Gasteiger partial charge in [-0.25, -0.2) is 0 Å². The number of hydrogen-bond donors (Lipinski definition) is 0. The minimum Gasteiger partial charge on any atom is -0.310 e. The normalized spacial score (nSPS) is 13.8. The van der Waals surface area contributed by atoms with Crippen molar-refractivity contribution in [3.63, 3.8) is 0 Å². The van der Waals surface area contributed by atoms with E-state index in [0.717, 1.165) is 52.9 Å². The second kappa shape index (κ2) is 13.1. The Bertz CT molecular complexity index is 3080. The van der Waals surface area contributed by atoms with E-state index in [1.165, 1.54) is 71.8 Å². The molecule has 1 aliphatic carbocycles. The maximum absolute atomic E-state index is 4.88. The van der Waals surface area contributed by atoms with Crippen LogP contribution in [-0.4, -0.2) is 14.1 Å². The van der Waals surface area contributed by atoms with E-state index in [2.05, 4.69) is 196 Å². The number of aromatic nitrogens is 3. The molecule has 7 aromatic carbocycles. The molecule has 0 saturated carbocycles. The molecule has 0 saturated heterocycles. The van der Waals surface area contributed by atoms with Crippen LogP contribution in [0.25, 0.3) is 77.2 Å². The molecule has 4 heterocycles. The van der Waals surface area contributed by atoms with Crippen molar-refractivity contribution >= 4 is 55.0 Å².